The first-order valence-corrected chi connectivity index (χ1v) is 21.3. The summed E-state index contributed by atoms with van der Waals surface area (Å²) in [5.41, 5.74) is 5.33. The average Bonchev–Trinajstić information content (AvgIpc) is 3.11. The van der Waals surface area contributed by atoms with Gasteiger partial charge in [0.05, 0.1) is 13.2 Å². The summed E-state index contributed by atoms with van der Waals surface area (Å²) in [5.74, 6) is -0.916. The Balaban J connectivity index is 4.26. The minimum absolute atomic E-state index is 0.0402. The number of carbonyl (C=O) groups excluding carboxylic acids is 2. The molecule has 0 spiro atoms. The summed E-state index contributed by atoms with van der Waals surface area (Å²) in [6.07, 6.45) is 42.7. The monoisotopic (exact) mass is 737 g/mol. The molecule has 0 bridgehead atoms. The van der Waals surface area contributed by atoms with Crippen LogP contribution in [0.4, 0.5) is 0 Å². The second-order valence-corrected chi connectivity index (χ2v) is 14.4. The molecule has 0 aromatic rings. The van der Waals surface area contributed by atoms with Gasteiger partial charge in [-0.05, 0) is 25.7 Å². The van der Waals surface area contributed by atoms with E-state index in [1.54, 1.807) is 0 Å². The van der Waals surface area contributed by atoms with E-state index in [4.69, 9.17) is 24.3 Å². The Hall–Kier alpha value is -2.29. The molecule has 0 amide bonds. The van der Waals surface area contributed by atoms with Crippen molar-refractivity contribution in [2.45, 2.75) is 161 Å². The minimum Gasteiger partial charge on any atom is -0.462 e. The molecule has 0 fully saturated rings. The molecule has 0 rings (SSSR count). The molecule has 0 aromatic carbocycles. The summed E-state index contributed by atoms with van der Waals surface area (Å²) >= 11 is 0. The lowest BCUT2D eigenvalue weighted by atomic mass is 10.0. The number of allylic oxidation sites excluding steroid dienone is 10. The first-order valence-electron chi connectivity index (χ1n) is 19.8. The molecule has 2 atom stereocenters. The maximum atomic E-state index is 12.5. The third kappa shape index (κ3) is 37.3. The molecule has 9 nitrogen and oxygen atoms in total. The number of unbranched alkanes of at least 4 members (excludes halogenated alkanes) is 17. The zero-order chi connectivity index (χ0) is 37.5. The number of hydrogen-bond donors (Lipinski definition) is 2. The van der Waals surface area contributed by atoms with Crippen LogP contribution in [-0.4, -0.2) is 49.3 Å². The normalized spacial score (nSPS) is 14.0. The number of carbonyl (C=O) groups is 2. The zero-order valence-corrected chi connectivity index (χ0v) is 33.0. The van der Waals surface area contributed by atoms with Crippen molar-refractivity contribution in [3.63, 3.8) is 0 Å². The van der Waals surface area contributed by atoms with Crippen LogP contribution >= 0.6 is 7.82 Å². The van der Waals surface area contributed by atoms with Gasteiger partial charge in [0.1, 0.15) is 6.61 Å². The van der Waals surface area contributed by atoms with Crippen molar-refractivity contribution in [2.75, 3.05) is 26.4 Å². The van der Waals surface area contributed by atoms with Gasteiger partial charge in [-0.25, -0.2) is 4.57 Å². The minimum atomic E-state index is -4.39. The molecule has 0 radical (unpaired) electrons. The highest BCUT2D eigenvalue weighted by Gasteiger charge is 2.25. The molecule has 10 heteroatoms. The van der Waals surface area contributed by atoms with Gasteiger partial charge in [-0.15, -0.1) is 0 Å². The van der Waals surface area contributed by atoms with E-state index in [1.807, 2.05) is 54.7 Å². The Bertz CT molecular complexity index is 1020. The van der Waals surface area contributed by atoms with E-state index in [9.17, 15) is 19.0 Å². The maximum absolute atomic E-state index is 12.5. The number of rotatable bonds is 36. The van der Waals surface area contributed by atoms with Crippen LogP contribution in [0, 0.1) is 0 Å². The molecule has 0 aliphatic rings. The van der Waals surface area contributed by atoms with Crippen molar-refractivity contribution in [1.29, 1.82) is 0 Å². The summed E-state index contributed by atoms with van der Waals surface area (Å²) in [6.45, 7) is 3.49. The van der Waals surface area contributed by atoms with Gasteiger partial charge in [-0.2, -0.15) is 0 Å². The van der Waals surface area contributed by atoms with Gasteiger partial charge < -0.3 is 20.1 Å². The largest absolute Gasteiger partial charge is 0.472 e. The molecular formula is C41H72NO8P. The Morgan fingerprint density at radius 2 is 1.08 bits per heavy atom. The number of hydrogen-bond acceptors (Lipinski definition) is 8. The van der Waals surface area contributed by atoms with Crippen molar-refractivity contribution in [3.8, 4) is 0 Å². The number of phosphoric ester groups is 1. The van der Waals surface area contributed by atoms with Crippen molar-refractivity contribution in [1.82, 2.24) is 0 Å². The molecule has 0 aromatic heterocycles. The first kappa shape index (κ1) is 48.7. The summed E-state index contributed by atoms with van der Waals surface area (Å²) in [4.78, 5) is 34.7. The van der Waals surface area contributed by atoms with Gasteiger partial charge in [0.15, 0.2) is 6.10 Å². The van der Waals surface area contributed by atoms with Crippen molar-refractivity contribution >= 4 is 19.8 Å². The average molecular weight is 738 g/mol. The third-order valence-electron chi connectivity index (χ3n) is 8.05. The fourth-order valence-corrected chi connectivity index (χ4v) is 5.90. The van der Waals surface area contributed by atoms with Gasteiger partial charge in [0.25, 0.3) is 0 Å². The quantitative estimate of drug-likeness (QED) is 0.0279. The van der Waals surface area contributed by atoms with Gasteiger partial charge in [0, 0.05) is 19.4 Å². The number of phosphoric acid groups is 1. The highest BCUT2D eigenvalue weighted by molar-refractivity contribution is 7.47. The predicted octanol–water partition coefficient (Wildman–Crippen LogP) is 10.9. The van der Waals surface area contributed by atoms with Crippen LogP contribution in [0.1, 0.15) is 155 Å². The molecule has 0 aliphatic heterocycles. The van der Waals surface area contributed by atoms with Gasteiger partial charge >= 0.3 is 19.8 Å². The third-order valence-corrected chi connectivity index (χ3v) is 9.03. The second kappa shape index (κ2) is 37.5. The van der Waals surface area contributed by atoms with E-state index >= 15 is 0 Å². The highest BCUT2D eigenvalue weighted by Crippen LogP contribution is 2.43. The molecule has 2 unspecified atom stereocenters. The van der Waals surface area contributed by atoms with E-state index in [0.29, 0.717) is 12.8 Å². The molecule has 0 heterocycles. The summed E-state index contributed by atoms with van der Waals surface area (Å²) < 4.78 is 32.6. The van der Waals surface area contributed by atoms with Crippen molar-refractivity contribution in [3.05, 3.63) is 60.8 Å². The molecule has 0 saturated carbocycles. The Morgan fingerprint density at radius 1 is 0.608 bits per heavy atom. The SMILES string of the molecule is CC/C=C/C=C/C=C/C=C/C=C/CCCC(=O)OC(COC(=O)CCCCCCCCCCCCCCCCCCC)COP(=O)(O)OCCN. The summed E-state index contributed by atoms with van der Waals surface area (Å²) in [6, 6.07) is 0. The molecule has 3 N–H and O–H groups in total. The first-order chi connectivity index (χ1) is 24.8. The summed E-state index contributed by atoms with van der Waals surface area (Å²) in [5, 5.41) is 0. The fourth-order valence-electron chi connectivity index (χ4n) is 5.13. The van der Waals surface area contributed by atoms with Gasteiger partial charge in [0.2, 0.25) is 0 Å². The maximum Gasteiger partial charge on any atom is 0.472 e. The predicted molar refractivity (Wildman–Crippen MR) is 210 cm³/mol. The van der Waals surface area contributed by atoms with E-state index in [1.165, 1.54) is 89.9 Å². The van der Waals surface area contributed by atoms with Crippen LogP contribution in [-0.2, 0) is 32.7 Å². The molecule has 51 heavy (non-hydrogen) atoms. The standard InChI is InChI=1S/C41H72NO8P/c1-3-5-7-9-11-13-15-17-18-19-20-22-23-25-27-29-31-33-40(43)47-37-39(38-49-51(45,46)48-36-35-42)50-41(44)34-32-30-28-26-24-21-16-14-12-10-8-6-4-2/h6,8,10,12,14,16,21,24,26,28,39H,3-5,7,9,11,13,15,17-20,22-23,25,27,29-38,42H2,1-2H3,(H,45,46)/b8-6+,12-10+,16-14+,24-21+,28-26+. The molecule has 0 aliphatic carbocycles. The van der Waals surface area contributed by atoms with Crippen molar-refractivity contribution < 1.29 is 37.6 Å². The van der Waals surface area contributed by atoms with Gasteiger partial charge in [-0.3, -0.25) is 18.6 Å². The molecule has 0 saturated heterocycles. The van der Waals surface area contributed by atoms with Crippen LogP contribution in [0.15, 0.2) is 60.8 Å². The Kier molecular flexibility index (Phi) is 35.8. The van der Waals surface area contributed by atoms with Crippen molar-refractivity contribution in [2.24, 2.45) is 5.73 Å². The zero-order valence-electron chi connectivity index (χ0n) is 32.1. The topological polar surface area (TPSA) is 134 Å². The van der Waals surface area contributed by atoms with Crippen LogP contribution in [0.2, 0.25) is 0 Å². The summed E-state index contributed by atoms with van der Waals surface area (Å²) in [7, 11) is -4.39. The van der Waals surface area contributed by atoms with Crippen LogP contribution in [0.3, 0.4) is 0 Å². The van der Waals surface area contributed by atoms with E-state index < -0.39 is 32.5 Å². The molecule has 294 valence electrons. The highest BCUT2D eigenvalue weighted by atomic mass is 31.2. The van der Waals surface area contributed by atoms with Crippen LogP contribution in [0.5, 0.6) is 0 Å². The van der Waals surface area contributed by atoms with E-state index in [0.717, 1.165) is 25.7 Å². The fraction of sp³-hybridized carbons (Fsp3) is 0.707. The lowest BCUT2D eigenvalue weighted by Gasteiger charge is -2.19. The molecular weight excluding hydrogens is 665 g/mol. The number of esters is 2. The number of ether oxygens (including phenoxy) is 2. The number of nitrogens with two attached hydrogens (primary N) is 1. The Labute approximate surface area is 310 Å². The lowest BCUT2D eigenvalue weighted by molar-refractivity contribution is -0.161. The lowest BCUT2D eigenvalue weighted by Crippen LogP contribution is -2.29. The van der Waals surface area contributed by atoms with E-state index in [-0.39, 0.29) is 32.6 Å². The van der Waals surface area contributed by atoms with Crippen LogP contribution in [0.25, 0.3) is 0 Å². The van der Waals surface area contributed by atoms with E-state index in [2.05, 4.69) is 19.9 Å². The van der Waals surface area contributed by atoms with Gasteiger partial charge in [-0.1, -0.05) is 177 Å². The Morgan fingerprint density at radius 3 is 1.59 bits per heavy atom. The van der Waals surface area contributed by atoms with Crippen LogP contribution < -0.4 is 5.73 Å². The second-order valence-electron chi connectivity index (χ2n) is 12.9. The smallest absolute Gasteiger partial charge is 0.462 e.